The fourth-order valence-corrected chi connectivity index (χ4v) is 2.36. The van der Waals surface area contributed by atoms with Gasteiger partial charge in [-0.1, -0.05) is 23.7 Å². The fourth-order valence-electron chi connectivity index (χ4n) is 2.16. The summed E-state index contributed by atoms with van der Waals surface area (Å²) in [7, 11) is 0. The maximum Gasteiger partial charge on any atom is 0.141 e. The Hall–Kier alpha value is -1.87. The summed E-state index contributed by atoms with van der Waals surface area (Å²) < 4.78 is 28.6. The summed E-state index contributed by atoms with van der Waals surface area (Å²) in [5, 5.41) is 0.677. The van der Waals surface area contributed by atoms with Crippen LogP contribution in [0.5, 0.6) is 0 Å². The van der Waals surface area contributed by atoms with E-state index in [0.29, 0.717) is 11.9 Å². The first-order chi connectivity index (χ1) is 9.15. The van der Waals surface area contributed by atoms with Crippen LogP contribution in [0.15, 0.2) is 48.7 Å². The van der Waals surface area contributed by atoms with E-state index < -0.39 is 5.82 Å². The van der Waals surface area contributed by atoms with Gasteiger partial charge in [-0.05, 0) is 35.9 Å². The van der Waals surface area contributed by atoms with Gasteiger partial charge in [-0.25, -0.2) is 8.78 Å². The van der Waals surface area contributed by atoms with E-state index in [1.807, 2.05) is 16.8 Å². The molecule has 0 aliphatic carbocycles. The van der Waals surface area contributed by atoms with E-state index in [2.05, 4.69) is 0 Å². The van der Waals surface area contributed by atoms with Crippen LogP contribution in [0.2, 0.25) is 5.02 Å². The molecule has 3 rings (SSSR count). The molecule has 0 spiro atoms. The molecule has 2 aromatic carbocycles. The molecule has 0 radical (unpaired) electrons. The van der Waals surface area contributed by atoms with E-state index in [9.17, 15) is 8.78 Å². The first-order valence-electron chi connectivity index (χ1n) is 5.82. The van der Waals surface area contributed by atoms with Crippen LogP contribution in [-0.4, -0.2) is 4.57 Å². The molecule has 19 heavy (non-hydrogen) atoms. The van der Waals surface area contributed by atoms with Crippen LogP contribution in [0.1, 0.15) is 5.56 Å². The molecule has 4 heteroatoms. The Kier molecular flexibility index (Phi) is 2.99. The van der Waals surface area contributed by atoms with Crippen molar-refractivity contribution < 1.29 is 8.78 Å². The van der Waals surface area contributed by atoms with Crippen molar-refractivity contribution in [3.63, 3.8) is 0 Å². The highest BCUT2D eigenvalue weighted by atomic mass is 35.5. The number of aromatic nitrogens is 1. The zero-order chi connectivity index (χ0) is 13.4. The number of halogens is 3. The van der Waals surface area contributed by atoms with Gasteiger partial charge >= 0.3 is 0 Å². The lowest BCUT2D eigenvalue weighted by Crippen LogP contribution is -1.98. The Balaban J connectivity index is 2.01. The summed E-state index contributed by atoms with van der Waals surface area (Å²) in [4.78, 5) is 0. The molecule has 96 valence electrons. The van der Waals surface area contributed by atoms with Crippen molar-refractivity contribution in [3.05, 3.63) is 70.9 Å². The van der Waals surface area contributed by atoms with Crippen molar-refractivity contribution in [2.75, 3.05) is 0 Å². The number of nitrogens with zero attached hydrogens (tertiary/aromatic N) is 1. The Labute approximate surface area is 114 Å². The van der Waals surface area contributed by atoms with Crippen molar-refractivity contribution >= 4 is 22.5 Å². The van der Waals surface area contributed by atoms with E-state index in [1.54, 1.807) is 24.3 Å². The predicted molar refractivity (Wildman–Crippen MR) is 72.4 cm³/mol. The van der Waals surface area contributed by atoms with Gasteiger partial charge in [-0.15, -0.1) is 0 Å². The normalized spacial score (nSPS) is 11.1. The van der Waals surface area contributed by atoms with Gasteiger partial charge in [0.05, 0.1) is 10.5 Å². The van der Waals surface area contributed by atoms with E-state index in [-0.39, 0.29) is 10.8 Å². The van der Waals surface area contributed by atoms with E-state index in [0.717, 1.165) is 11.1 Å². The maximum atomic E-state index is 13.6. The topological polar surface area (TPSA) is 4.93 Å². The second-order valence-electron chi connectivity index (χ2n) is 4.36. The average molecular weight is 278 g/mol. The van der Waals surface area contributed by atoms with Crippen LogP contribution in [0, 0.1) is 11.6 Å². The fraction of sp³-hybridized carbons (Fsp3) is 0.0667. The minimum absolute atomic E-state index is 0.0974. The van der Waals surface area contributed by atoms with Crippen LogP contribution in [0.3, 0.4) is 0 Å². The molecular formula is C15H10ClF2N. The van der Waals surface area contributed by atoms with Gasteiger partial charge in [-0.2, -0.15) is 0 Å². The minimum atomic E-state index is -0.436. The summed E-state index contributed by atoms with van der Waals surface area (Å²) in [6, 6.07) is 11.3. The van der Waals surface area contributed by atoms with Crippen LogP contribution < -0.4 is 0 Å². The molecule has 0 amide bonds. The summed E-state index contributed by atoms with van der Waals surface area (Å²) in [6.07, 6.45) is 1.81. The first kappa shape index (κ1) is 12.2. The molecule has 0 saturated heterocycles. The van der Waals surface area contributed by atoms with Crippen LogP contribution >= 0.6 is 11.6 Å². The third-order valence-corrected chi connectivity index (χ3v) is 3.39. The highest BCUT2D eigenvalue weighted by molar-refractivity contribution is 6.30. The Morgan fingerprint density at radius 2 is 1.84 bits per heavy atom. The Bertz CT molecular complexity index is 749. The molecule has 0 aliphatic heterocycles. The number of rotatable bonds is 2. The monoisotopic (exact) mass is 277 g/mol. The number of benzene rings is 2. The zero-order valence-electron chi connectivity index (χ0n) is 9.91. The van der Waals surface area contributed by atoms with Crippen LogP contribution in [0.4, 0.5) is 8.78 Å². The van der Waals surface area contributed by atoms with Crippen molar-refractivity contribution in [2.45, 2.75) is 6.54 Å². The highest BCUT2D eigenvalue weighted by Crippen LogP contribution is 2.22. The smallest absolute Gasteiger partial charge is 0.141 e. The zero-order valence-corrected chi connectivity index (χ0v) is 10.7. The molecular weight excluding hydrogens is 268 g/mol. The second kappa shape index (κ2) is 4.67. The van der Waals surface area contributed by atoms with Gasteiger partial charge in [0.2, 0.25) is 0 Å². The standard InChI is InChI=1S/C15H10ClF2N/c16-12-8-10(4-5-14(12)18)9-19-7-6-11-13(17)2-1-3-15(11)19/h1-8H,9H2. The largest absolute Gasteiger partial charge is 0.343 e. The van der Waals surface area contributed by atoms with Crippen molar-refractivity contribution in [2.24, 2.45) is 0 Å². The number of hydrogen-bond acceptors (Lipinski definition) is 0. The third-order valence-electron chi connectivity index (χ3n) is 3.10. The van der Waals surface area contributed by atoms with Crippen molar-refractivity contribution in [1.29, 1.82) is 0 Å². The van der Waals surface area contributed by atoms with E-state index in [4.69, 9.17) is 11.6 Å². The lowest BCUT2D eigenvalue weighted by molar-refractivity contribution is 0.627. The van der Waals surface area contributed by atoms with E-state index >= 15 is 0 Å². The van der Waals surface area contributed by atoms with Crippen LogP contribution in [0.25, 0.3) is 10.9 Å². The van der Waals surface area contributed by atoms with Gasteiger partial charge in [0.15, 0.2) is 0 Å². The molecule has 0 N–H and O–H groups in total. The maximum absolute atomic E-state index is 13.6. The average Bonchev–Trinajstić information content (AvgIpc) is 2.79. The second-order valence-corrected chi connectivity index (χ2v) is 4.77. The Morgan fingerprint density at radius 1 is 1.00 bits per heavy atom. The molecule has 0 aliphatic rings. The quantitative estimate of drug-likeness (QED) is 0.644. The SMILES string of the molecule is Fc1ccc(Cn2ccc3c(F)cccc32)cc1Cl. The Morgan fingerprint density at radius 3 is 2.63 bits per heavy atom. The summed E-state index contributed by atoms with van der Waals surface area (Å²) in [5.41, 5.74) is 1.67. The number of hydrogen-bond donors (Lipinski definition) is 0. The molecule has 0 saturated carbocycles. The van der Waals surface area contributed by atoms with Crippen molar-refractivity contribution in [1.82, 2.24) is 4.57 Å². The molecule has 1 nitrogen and oxygen atoms in total. The molecule has 0 atom stereocenters. The minimum Gasteiger partial charge on any atom is -0.343 e. The first-order valence-corrected chi connectivity index (χ1v) is 6.20. The molecule has 0 fully saturated rings. The van der Waals surface area contributed by atoms with E-state index in [1.165, 1.54) is 12.1 Å². The third kappa shape index (κ3) is 2.22. The van der Waals surface area contributed by atoms with Gasteiger partial charge in [0.25, 0.3) is 0 Å². The lowest BCUT2D eigenvalue weighted by Gasteiger charge is -2.06. The van der Waals surface area contributed by atoms with Gasteiger partial charge in [-0.3, -0.25) is 0 Å². The predicted octanol–water partition coefficient (Wildman–Crippen LogP) is 4.62. The molecule has 3 aromatic rings. The summed E-state index contributed by atoms with van der Waals surface area (Å²) in [5.74, 6) is -0.679. The molecule has 1 heterocycles. The number of fused-ring (bicyclic) bond motifs is 1. The van der Waals surface area contributed by atoms with Gasteiger partial charge in [0.1, 0.15) is 11.6 Å². The highest BCUT2D eigenvalue weighted by Gasteiger charge is 2.06. The summed E-state index contributed by atoms with van der Waals surface area (Å²) >= 11 is 5.75. The molecule has 0 bridgehead atoms. The van der Waals surface area contributed by atoms with Gasteiger partial charge in [0, 0.05) is 18.1 Å². The molecule has 1 aromatic heterocycles. The van der Waals surface area contributed by atoms with Crippen LogP contribution in [-0.2, 0) is 6.54 Å². The summed E-state index contributed by atoms with van der Waals surface area (Å²) in [6.45, 7) is 0.521. The lowest BCUT2D eigenvalue weighted by atomic mass is 10.2. The molecule has 0 unspecified atom stereocenters. The van der Waals surface area contributed by atoms with Gasteiger partial charge < -0.3 is 4.57 Å². The van der Waals surface area contributed by atoms with Crippen molar-refractivity contribution in [3.8, 4) is 0 Å².